The van der Waals surface area contributed by atoms with E-state index in [1.807, 2.05) is 12.1 Å². The summed E-state index contributed by atoms with van der Waals surface area (Å²) in [5, 5.41) is 9.19. The standard InChI is InChI=1S/C13H21NO3/c1-8(2)9-5-12(16-3)13(17-4)6-10(9)11(14)7-15/h5-6,8,11,15H,7,14H2,1-4H3. The molecule has 4 heteroatoms. The van der Waals surface area contributed by atoms with Crippen LogP contribution in [0, 0.1) is 0 Å². The number of hydrogen-bond donors (Lipinski definition) is 2. The molecule has 17 heavy (non-hydrogen) atoms. The summed E-state index contributed by atoms with van der Waals surface area (Å²) < 4.78 is 10.5. The number of hydrogen-bond acceptors (Lipinski definition) is 4. The largest absolute Gasteiger partial charge is 0.493 e. The minimum absolute atomic E-state index is 0.0881. The highest BCUT2D eigenvalue weighted by atomic mass is 16.5. The third kappa shape index (κ3) is 2.90. The molecule has 1 rings (SSSR count). The van der Waals surface area contributed by atoms with Gasteiger partial charge in [-0.2, -0.15) is 0 Å². The minimum Gasteiger partial charge on any atom is -0.493 e. The second-order valence-electron chi connectivity index (χ2n) is 4.28. The fourth-order valence-electron chi connectivity index (χ4n) is 1.83. The van der Waals surface area contributed by atoms with Gasteiger partial charge in [0.15, 0.2) is 11.5 Å². The Morgan fingerprint density at radius 1 is 1.12 bits per heavy atom. The summed E-state index contributed by atoms with van der Waals surface area (Å²) in [4.78, 5) is 0. The first-order valence-corrected chi connectivity index (χ1v) is 5.67. The minimum atomic E-state index is -0.396. The molecule has 96 valence electrons. The summed E-state index contributed by atoms with van der Waals surface area (Å²) in [5.41, 5.74) is 7.88. The fourth-order valence-corrected chi connectivity index (χ4v) is 1.83. The van der Waals surface area contributed by atoms with Crippen LogP contribution in [0.15, 0.2) is 12.1 Å². The van der Waals surface area contributed by atoms with E-state index in [2.05, 4.69) is 13.8 Å². The van der Waals surface area contributed by atoms with Gasteiger partial charge in [-0.3, -0.25) is 0 Å². The average molecular weight is 239 g/mol. The Kier molecular flexibility index (Phi) is 4.78. The molecular formula is C13H21NO3. The molecule has 0 fully saturated rings. The van der Waals surface area contributed by atoms with Gasteiger partial charge in [-0.15, -0.1) is 0 Å². The number of aliphatic hydroxyl groups excluding tert-OH is 1. The Morgan fingerprint density at radius 3 is 1.94 bits per heavy atom. The normalized spacial score (nSPS) is 12.6. The lowest BCUT2D eigenvalue weighted by Gasteiger charge is -2.20. The summed E-state index contributed by atoms with van der Waals surface area (Å²) in [7, 11) is 3.19. The van der Waals surface area contributed by atoms with Gasteiger partial charge >= 0.3 is 0 Å². The first kappa shape index (κ1) is 13.8. The summed E-state index contributed by atoms with van der Waals surface area (Å²) in [6.07, 6.45) is 0. The molecule has 0 bridgehead atoms. The maximum atomic E-state index is 9.19. The molecule has 1 unspecified atom stereocenters. The SMILES string of the molecule is COc1cc(C(C)C)c(C(N)CO)cc1OC. The van der Waals surface area contributed by atoms with Gasteiger partial charge in [0.25, 0.3) is 0 Å². The lowest BCUT2D eigenvalue weighted by molar-refractivity contribution is 0.266. The maximum Gasteiger partial charge on any atom is 0.161 e. The van der Waals surface area contributed by atoms with E-state index >= 15 is 0 Å². The van der Waals surface area contributed by atoms with E-state index in [9.17, 15) is 5.11 Å². The van der Waals surface area contributed by atoms with Crippen LogP contribution in [0.5, 0.6) is 11.5 Å². The number of methoxy groups -OCH3 is 2. The second kappa shape index (κ2) is 5.89. The van der Waals surface area contributed by atoms with Crippen LogP contribution in [0.25, 0.3) is 0 Å². The van der Waals surface area contributed by atoms with Crippen LogP contribution in [0.3, 0.4) is 0 Å². The highest BCUT2D eigenvalue weighted by molar-refractivity contribution is 5.49. The van der Waals surface area contributed by atoms with Gasteiger partial charge in [-0.1, -0.05) is 13.8 Å². The van der Waals surface area contributed by atoms with Crippen molar-refractivity contribution >= 4 is 0 Å². The summed E-state index contributed by atoms with van der Waals surface area (Å²) in [6, 6.07) is 3.37. The van der Waals surface area contributed by atoms with Crippen molar-refractivity contribution in [2.24, 2.45) is 5.73 Å². The molecular weight excluding hydrogens is 218 g/mol. The monoisotopic (exact) mass is 239 g/mol. The molecule has 0 aliphatic rings. The third-order valence-electron chi connectivity index (χ3n) is 2.81. The molecule has 0 amide bonds. The first-order chi connectivity index (χ1) is 8.04. The van der Waals surface area contributed by atoms with Crippen molar-refractivity contribution in [3.8, 4) is 11.5 Å². The molecule has 0 aromatic heterocycles. The van der Waals surface area contributed by atoms with Crippen molar-refractivity contribution < 1.29 is 14.6 Å². The number of nitrogens with two attached hydrogens (primary N) is 1. The van der Waals surface area contributed by atoms with Crippen molar-refractivity contribution in [1.29, 1.82) is 0 Å². The van der Waals surface area contributed by atoms with Crippen molar-refractivity contribution in [2.45, 2.75) is 25.8 Å². The van der Waals surface area contributed by atoms with Gasteiger partial charge in [0.1, 0.15) is 0 Å². The van der Waals surface area contributed by atoms with E-state index in [1.165, 1.54) is 0 Å². The van der Waals surface area contributed by atoms with Crippen molar-refractivity contribution in [3.05, 3.63) is 23.3 Å². The molecule has 3 N–H and O–H groups in total. The molecule has 1 atom stereocenters. The smallest absolute Gasteiger partial charge is 0.161 e. The molecule has 0 heterocycles. The van der Waals surface area contributed by atoms with Gasteiger partial charge in [0.2, 0.25) is 0 Å². The Balaban J connectivity index is 3.34. The fraction of sp³-hybridized carbons (Fsp3) is 0.538. The van der Waals surface area contributed by atoms with Gasteiger partial charge in [0, 0.05) is 0 Å². The van der Waals surface area contributed by atoms with Crippen LogP contribution in [-0.2, 0) is 0 Å². The van der Waals surface area contributed by atoms with E-state index in [-0.39, 0.29) is 6.61 Å². The van der Waals surface area contributed by atoms with Gasteiger partial charge in [-0.05, 0) is 29.2 Å². The molecule has 1 aromatic carbocycles. The lowest BCUT2D eigenvalue weighted by atomic mass is 9.92. The predicted molar refractivity (Wildman–Crippen MR) is 67.6 cm³/mol. The number of ether oxygens (including phenoxy) is 2. The molecule has 4 nitrogen and oxygen atoms in total. The quantitative estimate of drug-likeness (QED) is 0.822. The van der Waals surface area contributed by atoms with Crippen LogP contribution in [0.2, 0.25) is 0 Å². The first-order valence-electron chi connectivity index (χ1n) is 5.67. The number of rotatable bonds is 5. The predicted octanol–water partition coefficient (Wildman–Crippen LogP) is 1.82. The average Bonchev–Trinajstić information content (AvgIpc) is 2.35. The number of benzene rings is 1. The molecule has 0 aliphatic carbocycles. The highest BCUT2D eigenvalue weighted by Gasteiger charge is 2.17. The van der Waals surface area contributed by atoms with E-state index in [1.54, 1.807) is 14.2 Å². The highest BCUT2D eigenvalue weighted by Crippen LogP contribution is 2.35. The zero-order chi connectivity index (χ0) is 13.0. The number of aliphatic hydroxyl groups is 1. The van der Waals surface area contributed by atoms with E-state index in [0.29, 0.717) is 17.4 Å². The molecule has 0 radical (unpaired) electrons. The van der Waals surface area contributed by atoms with E-state index in [4.69, 9.17) is 15.2 Å². The van der Waals surface area contributed by atoms with Crippen molar-refractivity contribution in [2.75, 3.05) is 20.8 Å². The summed E-state index contributed by atoms with van der Waals surface area (Å²) in [5.74, 6) is 1.63. The van der Waals surface area contributed by atoms with Gasteiger partial charge in [-0.25, -0.2) is 0 Å². The Bertz CT molecular complexity index is 377. The van der Waals surface area contributed by atoms with E-state index < -0.39 is 6.04 Å². The van der Waals surface area contributed by atoms with Crippen LogP contribution >= 0.6 is 0 Å². The zero-order valence-electron chi connectivity index (χ0n) is 10.9. The van der Waals surface area contributed by atoms with Crippen LogP contribution < -0.4 is 15.2 Å². The second-order valence-corrected chi connectivity index (χ2v) is 4.28. The Morgan fingerprint density at radius 2 is 1.59 bits per heavy atom. The third-order valence-corrected chi connectivity index (χ3v) is 2.81. The van der Waals surface area contributed by atoms with Crippen LogP contribution in [0.4, 0.5) is 0 Å². The summed E-state index contributed by atoms with van der Waals surface area (Å²) in [6.45, 7) is 4.07. The molecule has 0 spiro atoms. The lowest BCUT2D eigenvalue weighted by Crippen LogP contribution is -2.17. The Hall–Kier alpha value is -1.26. The van der Waals surface area contributed by atoms with Gasteiger partial charge < -0.3 is 20.3 Å². The molecule has 0 aliphatic heterocycles. The van der Waals surface area contributed by atoms with Crippen molar-refractivity contribution in [1.82, 2.24) is 0 Å². The molecule has 1 aromatic rings. The van der Waals surface area contributed by atoms with Crippen LogP contribution in [0.1, 0.15) is 36.9 Å². The zero-order valence-corrected chi connectivity index (χ0v) is 10.9. The van der Waals surface area contributed by atoms with Gasteiger partial charge in [0.05, 0.1) is 26.9 Å². The maximum absolute atomic E-state index is 9.19. The topological polar surface area (TPSA) is 64.7 Å². The van der Waals surface area contributed by atoms with Crippen LogP contribution in [-0.4, -0.2) is 25.9 Å². The summed E-state index contributed by atoms with van der Waals surface area (Å²) >= 11 is 0. The van der Waals surface area contributed by atoms with E-state index in [0.717, 1.165) is 11.1 Å². The Labute approximate surface area is 102 Å². The van der Waals surface area contributed by atoms with Crippen molar-refractivity contribution in [3.63, 3.8) is 0 Å². The molecule has 0 saturated carbocycles. The molecule has 0 saturated heterocycles.